The number of benzene rings is 4. The fraction of sp³-hybridized carbons (Fsp3) is 0.314. The molecule has 0 unspecified atom stereocenters. The zero-order valence-corrected chi connectivity index (χ0v) is 23.6. The second kappa shape index (κ2) is 9.10. The van der Waals surface area contributed by atoms with Crippen LogP contribution in [0.25, 0.3) is 27.5 Å². The summed E-state index contributed by atoms with van der Waals surface area (Å²) in [5.74, 6) is 0.516. The molecule has 4 aromatic carbocycles. The van der Waals surface area contributed by atoms with E-state index < -0.39 is 0 Å². The lowest BCUT2D eigenvalue weighted by atomic mass is 9.86. The summed E-state index contributed by atoms with van der Waals surface area (Å²) >= 11 is 0. The van der Waals surface area contributed by atoms with E-state index in [-0.39, 0.29) is 10.8 Å². The summed E-state index contributed by atoms with van der Waals surface area (Å²) in [6.45, 7) is 18.1. The molecule has 2 heteroatoms. The van der Waals surface area contributed by atoms with Crippen LogP contribution < -0.4 is 5.32 Å². The topological polar surface area (TPSA) is 17.0 Å². The molecule has 0 aliphatic rings. The number of rotatable bonds is 4. The van der Waals surface area contributed by atoms with Crippen LogP contribution in [0.2, 0.25) is 0 Å². The molecule has 0 radical (unpaired) electrons. The Hall–Kier alpha value is -3.52. The monoisotopic (exact) mass is 488 g/mol. The van der Waals surface area contributed by atoms with Crippen molar-refractivity contribution in [3.05, 3.63) is 102 Å². The molecule has 5 rings (SSSR count). The number of nitrogens with zero attached hydrogens (tertiary/aromatic N) is 1. The minimum Gasteiger partial charge on any atom is -0.355 e. The van der Waals surface area contributed by atoms with Crippen molar-refractivity contribution < 1.29 is 0 Å². The van der Waals surface area contributed by atoms with Gasteiger partial charge in [-0.05, 0) is 82.0 Å². The molecule has 0 aliphatic heterocycles. The maximum Gasteiger partial charge on any atom is 0.0561 e. The molecule has 0 aliphatic carbocycles. The van der Waals surface area contributed by atoms with Gasteiger partial charge in [0.15, 0.2) is 0 Å². The van der Waals surface area contributed by atoms with Crippen LogP contribution in [-0.4, -0.2) is 4.57 Å². The molecule has 0 saturated heterocycles. The third-order valence-corrected chi connectivity index (χ3v) is 7.49. The summed E-state index contributed by atoms with van der Waals surface area (Å²) in [6.07, 6.45) is 0. The van der Waals surface area contributed by atoms with Crippen LogP contribution in [0.5, 0.6) is 0 Å². The van der Waals surface area contributed by atoms with Crippen molar-refractivity contribution in [1.29, 1.82) is 0 Å². The van der Waals surface area contributed by atoms with Crippen LogP contribution in [0, 0.1) is 0 Å². The second-order valence-electron chi connectivity index (χ2n) is 12.7. The van der Waals surface area contributed by atoms with Gasteiger partial charge in [-0.15, -0.1) is 0 Å². The molecule has 1 heterocycles. The summed E-state index contributed by atoms with van der Waals surface area (Å²) < 4.78 is 2.41. The highest BCUT2D eigenvalue weighted by Gasteiger charge is 2.19. The molecule has 2 nitrogen and oxygen atoms in total. The maximum absolute atomic E-state index is 3.64. The number of aromatic nitrogens is 1. The third kappa shape index (κ3) is 4.90. The Morgan fingerprint density at radius 1 is 0.568 bits per heavy atom. The zero-order chi connectivity index (χ0) is 26.5. The fourth-order valence-corrected chi connectivity index (χ4v) is 5.07. The highest BCUT2D eigenvalue weighted by atomic mass is 15.0. The maximum atomic E-state index is 3.64. The first-order valence-corrected chi connectivity index (χ1v) is 13.5. The first-order valence-electron chi connectivity index (χ1n) is 13.5. The van der Waals surface area contributed by atoms with E-state index in [1.54, 1.807) is 0 Å². The van der Waals surface area contributed by atoms with Crippen molar-refractivity contribution in [1.82, 2.24) is 4.57 Å². The van der Waals surface area contributed by atoms with Crippen molar-refractivity contribution in [3.8, 4) is 5.69 Å². The predicted octanol–water partition coefficient (Wildman–Crippen LogP) is 10.2. The van der Waals surface area contributed by atoms with Gasteiger partial charge in [-0.1, -0.05) is 91.8 Å². The summed E-state index contributed by atoms with van der Waals surface area (Å²) in [7, 11) is 0. The minimum atomic E-state index is 0.0994. The van der Waals surface area contributed by atoms with Gasteiger partial charge in [0.05, 0.1) is 11.0 Å². The van der Waals surface area contributed by atoms with Crippen molar-refractivity contribution in [2.24, 2.45) is 0 Å². The Morgan fingerprint density at radius 2 is 1.16 bits per heavy atom. The predicted molar refractivity (Wildman–Crippen MR) is 162 cm³/mol. The molecule has 37 heavy (non-hydrogen) atoms. The smallest absolute Gasteiger partial charge is 0.0561 e. The Kier molecular flexibility index (Phi) is 6.18. The summed E-state index contributed by atoms with van der Waals surface area (Å²) in [5.41, 5.74) is 10.2. The largest absolute Gasteiger partial charge is 0.355 e. The molecule has 0 atom stereocenters. The lowest BCUT2D eigenvalue weighted by molar-refractivity contribution is 0.590. The molecule has 0 fully saturated rings. The number of fused-ring (bicyclic) bond motifs is 3. The molecule has 0 spiro atoms. The molecular weight excluding hydrogens is 448 g/mol. The standard InChI is InChI=1S/C35H40N2/c1-23(2)24-9-17-29(18-10-24)37-32-20-13-26(35(6,7)8)21-31(32)30-19-16-28(22-33(30)37)36-27-14-11-25(12-15-27)34(3,4)5/h9-23,36H,1-8H3. The average Bonchev–Trinajstić information content (AvgIpc) is 3.16. The summed E-state index contributed by atoms with van der Waals surface area (Å²) in [6, 6.07) is 31.6. The van der Waals surface area contributed by atoms with Gasteiger partial charge in [0, 0.05) is 27.8 Å². The first-order chi connectivity index (χ1) is 17.4. The number of hydrogen-bond acceptors (Lipinski definition) is 1. The van der Waals surface area contributed by atoms with E-state index in [1.165, 1.54) is 44.2 Å². The van der Waals surface area contributed by atoms with E-state index >= 15 is 0 Å². The van der Waals surface area contributed by atoms with Crippen molar-refractivity contribution in [2.75, 3.05) is 5.32 Å². The lowest BCUT2D eigenvalue weighted by Gasteiger charge is -2.19. The number of anilines is 2. The van der Waals surface area contributed by atoms with Crippen LogP contribution in [0.4, 0.5) is 11.4 Å². The molecule has 190 valence electrons. The van der Waals surface area contributed by atoms with E-state index in [9.17, 15) is 0 Å². The van der Waals surface area contributed by atoms with Crippen LogP contribution in [0.3, 0.4) is 0 Å². The Bertz CT molecular complexity index is 1550. The minimum absolute atomic E-state index is 0.0994. The van der Waals surface area contributed by atoms with Crippen LogP contribution in [0.1, 0.15) is 78.0 Å². The molecule has 1 N–H and O–H groups in total. The fourth-order valence-electron chi connectivity index (χ4n) is 5.07. The molecule has 1 aromatic heterocycles. The number of nitrogens with one attached hydrogen (secondary N) is 1. The van der Waals surface area contributed by atoms with E-state index in [1.807, 2.05) is 0 Å². The van der Waals surface area contributed by atoms with E-state index in [0.717, 1.165) is 11.4 Å². The highest BCUT2D eigenvalue weighted by molar-refractivity contribution is 6.10. The van der Waals surface area contributed by atoms with Gasteiger partial charge < -0.3 is 9.88 Å². The molecule has 0 bridgehead atoms. The van der Waals surface area contributed by atoms with Crippen molar-refractivity contribution in [3.63, 3.8) is 0 Å². The zero-order valence-electron chi connectivity index (χ0n) is 23.6. The first kappa shape index (κ1) is 25.1. The average molecular weight is 489 g/mol. The van der Waals surface area contributed by atoms with Gasteiger partial charge in [0.2, 0.25) is 0 Å². The van der Waals surface area contributed by atoms with Gasteiger partial charge in [-0.3, -0.25) is 0 Å². The number of hydrogen-bond donors (Lipinski definition) is 1. The van der Waals surface area contributed by atoms with Gasteiger partial charge in [-0.2, -0.15) is 0 Å². The van der Waals surface area contributed by atoms with Gasteiger partial charge in [0.25, 0.3) is 0 Å². The molecule has 0 saturated carbocycles. The highest BCUT2D eigenvalue weighted by Crippen LogP contribution is 2.37. The molecule has 5 aromatic rings. The van der Waals surface area contributed by atoms with Crippen LogP contribution >= 0.6 is 0 Å². The van der Waals surface area contributed by atoms with Crippen LogP contribution in [0.15, 0.2) is 84.9 Å². The van der Waals surface area contributed by atoms with Gasteiger partial charge in [0.1, 0.15) is 0 Å². The van der Waals surface area contributed by atoms with Crippen molar-refractivity contribution in [2.45, 2.75) is 72.1 Å². The molecular formula is C35H40N2. The lowest BCUT2D eigenvalue weighted by Crippen LogP contribution is -2.10. The van der Waals surface area contributed by atoms with Gasteiger partial charge in [-0.25, -0.2) is 0 Å². The van der Waals surface area contributed by atoms with Gasteiger partial charge >= 0.3 is 0 Å². The van der Waals surface area contributed by atoms with E-state index in [2.05, 4.69) is 150 Å². The third-order valence-electron chi connectivity index (χ3n) is 7.49. The van der Waals surface area contributed by atoms with E-state index in [0.29, 0.717) is 5.92 Å². The Labute approximate surface area is 222 Å². The molecule has 0 amide bonds. The Balaban J connectivity index is 1.65. The second-order valence-corrected chi connectivity index (χ2v) is 12.7. The summed E-state index contributed by atoms with van der Waals surface area (Å²) in [4.78, 5) is 0. The van der Waals surface area contributed by atoms with Crippen molar-refractivity contribution >= 4 is 33.2 Å². The van der Waals surface area contributed by atoms with E-state index in [4.69, 9.17) is 0 Å². The summed E-state index contributed by atoms with van der Waals surface area (Å²) in [5, 5.41) is 6.23. The van der Waals surface area contributed by atoms with Crippen LogP contribution in [-0.2, 0) is 10.8 Å². The SMILES string of the molecule is CC(C)c1ccc(-n2c3ccc(C(C)(C)C)cc3c3ccc(Nc4ccc(C(C)(C)C)cc4)cc32)cc1. The quantitative estimate of drug-likeness (QED) is 0.266. The Morgan fingerprint density at radius 3 is 1.76 bits per heavy atom. The normalized spacial score (nSPS) is 12.6.